The van der Waals surface area contributed by atoms with E-state index < -0.39 is 0 Å². The van der Waals surface area contributed by atoms with Gasteiger partial charge in [-0.15, -0.1) is 0 Å². The van der Waals surface area contributed by atoms with Crippen LogP contribution in [0.25, 0.3) is 0 Å². The molecule has 15 heavy (non-hydrogen) atoms. The molecule has 0 heterocycles. The molecule has 1 aliphatic rings. The van der Waals surface area contributed by atoms with Crippen LogP contribution in [0.5, 0.6) is 0 Å². The van der Waals surface area contributed by atoms with Gasteiger partial charge in [0.05, 0.1) is 5.56 Å². The van der Waals surface area contributed by atoms with E-state index in [0.717, 1.165) is 17.3 Å². The summed E-state index contributed by atoms with van der Waals surface area (Å²) in [5, 5.41) is 2.96. The van der Waals surface area contributed by atoms with Crippen molar-refractivity contribution in [2.24, 2.45) is 0 Å². The Kier molecular flexibility index (Phi) is 2.95. The second kappa shape index (κ2) is 4.23. The van der Waals surface area contributed by atoms with Crippen molar-refractivity contribution in [1.82, 2.24) is 5.32 Å². The number of nitrogens with two attached hydrogens (primary N) is 1. The van der Waals surface area contributed by atoms with Gasteiger partial charge in [0.1, 0.15) is 0 Å². The second-order valence-electron chi connectivity index (χ2n) is 3.83. The number of hydrogen-bond acceptors (Lipinski definition) is 2. The van der Waals surface area contributed by atoms with Crippen LogP contribution in [0.2, 0.25) is 0 Å². The van der Waals surface area contributed by atoms with Crippen LogP contribution in [-0.2, 0) is 0 Å². The first-order valence-corrected chi connectivity index (χ1v) is 5.82. The van der Waals surface area contributed by atoms with Crippen molar-refractivity contribution >= 4 is 27.5 Å². The van der Waals surface area contributed by atoms with Crippen molar-refractivity contribution in [2.75, 3.05) is 5.73 Å². The lowest BCUT2D eigenvalue weighted by Crippen LogP contribution is -2.39. The molecule has 1 fully saturated rings. The lowest BCUT2D eigenvalue weighted by atomic mass is 9.93. The predicted octanol–water partition coefficient (Wildman–Crippen LogP) is 2.31. The number of carbonyl (C=O) groups is 1. The Morgan fingerprint density at radius 2 is 2.20 bits per heavy atom. The normalized spacial score (nSPS) is 15.8. The number of benzene rings is 1. The van der Waals surface area contributed by atoms with Crippen LogP contribution in [0.4, 0.5) is 5.69 Å². The van der Waals surface area contributed by atoms with Gasteiger partial charge in [0, 0.05) is 16.2 Å². The highest BCUT2D eigenvalue weighted by Gasteiger charge is 2.21. The van der Waals surface area contributed by atoms with Gasteiger partial charge in [0.15, 0.2) is 0 Å². The molecule has 0 saturated heterocycles. The first-order chi connectivity index (χ1) is 7.16. The smallest absolute Gasteiger partial charge is 0.253 e. The Bertz CT molecular complexity index is 388. The molecule has 0 radical (unpaired) electrons. The maximum Gasteiger partial charge on any atom is 0.253 e. The molecule has 80 valence electrons. The van der Waals surface area contributed by atoms with E-state index in [4.69, 9.17) is 5.73 Å². The number of hydrogen-bond donors (Lipinski definition) is 2. The van der Waals surface area contributed by atoms with Gasteiger partial charge in [-0.3, -0.25) is 4.79 Å². The van der Waals surface area contributed by atoms with Gasteiger partial charge < -0.3 is 11.1 Å². The molecule has 3 nitrogen and oxygen atoms in total. The zero-order chi connectivity index (χ0) is 10.8. The third-order valence-electron chi connectivity index (χ3n) is 2.70. The summed E-state index contributed by atoms with van der Waals surface area (Å²) in [4.78, 5) is 11.8. The minimum Gasteiger partial charge on any atom is -0.398 e. The molecule has 0 aromatic heterocycles. The van der Waals surface area contributed by atoms with Crippen molar-refractivity contribution in [3.63, 3.8) is 0 Å². The van der Waals surface area contributed by atoms with E-state index in [0.29, 0.717) is 17.3 Å². The average Bonchev–Trinajstić information content (AvgIpc) is 2.15. The van der Waals surface area contributed by atoms with Gasteiger partial charge in [-0.25, -0.2) is 0 Å². The SMILES string of the molecule is Nc1ccc(Br)cc1C(=O)NC1CCC1. The summed E-state index contributed by atoms with van der Waals surface area (Å²) in [6.07, 6.45) is 3.37. The monoisotopic (exact) mass is 268 g/mol. The minimum atomic E-state index is -0.0708. The lowest BCUT2D eigenvalue weighted by molar-refractivity contribution is 0.0918. The fourth-order valence-electron chi connectivity index (χ4n) is 1.54. The maximum absolute atomic E-state index is 11.8. The van der Waals surface area contributed by atoms with Gasteiger partial charge in [0.2, 0.25) is 0 Å². The molecule has 1 aromatic carbocycles. The third-order valence-corrected chi connectivity index (χ3v) is 3.19. The molecule has 0 unspecified atom stereocenters. The van der Waals surface area contributed by atoms with Crippen molar-refractivity contribution in [2.45, 2.75) is 25.3 Å². The number of nitrogens with one attached hydrogen (secondary N) is 1. The van der Waals surface area contributed by atoms with Crippen LogP contribution < -0.4 is 11.1 Å². The molecule has 1 saturated carbocycles. The number of halogens is 1. The highest BCUT2D eigenvalue weighted by molar-refractivity contribution is 9.10. The molecular weight excluding hydrogens is 256 g/mol. The summed E-state index contributed by atoms with van der Waals surface area (Å²) in [5.41, 5.74) is 6.82. The van der Waals surface area contributed by atoms with Gasteiger partial charge in [0.25, 0.3) is 5.91 Å². The first kappa shape index (κ1) is 10.5. The number of anilines is 1. The van der Waals surface area contributed by atoms with E-state index in [2.05, 4.69) is 21.2 Å². The summed E-state index contributed by atoms with van der Waals surface area (Å²) in [6.45, 7) is 0. The molecular formula is C11H13BrN2O. The predicted molar refractivity (Wildman–Crippen MR) is 63.7 cm³/mol. The number of carbonyl (C=O) groups excluding carboxylic acids is 1. The highest BCUT2D eigenvalue weighted by Crippen LogP contribution is 2.21. The zero-order valence-corrected chi connectivity index (χ0v) is 9.88. The number of amides is 1. The van der Waals surface area contributed by atoms with E-state index in [-0.39, 0.29) is 5.91 Å². The molecule has 1 amide bonds. The number of rotatable bonds is 2. The summed E-state index contributed by atoms with van der Waals surface area (Å²) >= 11 is 3.33. The molecule has 3 N–H and O–H groups in total. The second-order valence-corrected chi connectivity index (χ2v) is 4.75. The van der Waals surface area contributed by atoms with Crippen molar-refractivity contribution in [3.05, 3.63) is 28.2 Å². The highest BCUT2D eigenvalue weighted by atomic mass is 79.9. The summed E-state index contributed by atoms with van der Waals surface area (Å²) in [7, 11) is 0. The van der Waals surface area contributed by atoms with Crippen LogP contribution in [0.3, 0.4) is 0 Å². The Balaban J connectivity index is 2.12. The van der Waals surface area contributed by atoms with Gasteiger partial charge in [-0.2, -0.15) is 0 Å². The molecule has 4 heteroatoms. The molecule has 0 bridgehead atoms. The summed E-state index contributed by atoms with van der Waals surface area (Å²) < 4.78 is 0.871. The largest absolute Gasteiger partial charge is 0.398 e. The fraction of sp³-hybridized carbons (Fsp3) is 0.364. The summed E-state index contributed by atoms with van der Waals surface area (Å²) in [6, 6.07) is 5.66. The Hall–Kier alpha value is -1.03. The molecule has 2 rings (SSSR count). The molecule has 0 aliphatic heterocycles. The molecule has 1 aromatic rings. The van der Waals surface area contributed by atoms with E-state index in [1.165, 1.54) is 6.42 Å². The van der Waals surface area contributed by atoms with Crippen molar-refractivity contribution in [1.29, 1.82) is 0 Å². The van der Waals surface area contributed by atoms with Crippen molar-refractivity contribution in [3.8, 4) is 0 Å². The van der Waals surface area contributed by atoms with Crippen LogP contribution in [0.1, 0.15) is 29.6 Å². The quantitative estimate of drug-likeness (QED) is 0.809. The fourth-order valence-corrected chi connectivity index (χ4v) is 1.90. The van der Waals surface area contributed by atoms with E-state index >= 15 is 0 Å². The Morgan fingerprint density at radius 1 is 1.47 bits per heavy atom. The Morgan fingerprint density at radius 3 is 2.80 bits per heavy atom. The lowest BCUT2D eigenvalue weighted by Gasteiger charge is -2.26. The summed E-state index contributed by atoms with van der Waals surface area (Å²) in [5.74, 6) is -0.0708. The zero-order valence-electron chi connectivity index (χ0n) is 8.29. The van der Waals surface area contributed by atoms with Gasteiger partial charge in [-0.05, 0) is 37.5 Å². The minimum absolute atomic E-state index is 0.0708. The van der Waals surface area contributed by atoms with Crippen LogP contribution >= 0.6 is 15.9 Å². The third kappa shape index (κ3) is 2.31. The van der Waals surface area contributed by atoms with E-state index in [1.807, 2.05) is 6.07 Å². The molecule has 1 aliphatic carbocycles. The van der Waals surface area contributed by atoms with E-state index in [1.54, 1.807) is 12.1 Å². The molecule has 0 spiro atoms. The van der Waals surface area contributed by atoms with Gasteiger partial charge >= 0.3 is 0 Å². The standard InChI is InChI=1S/C11H13BrN2O/c12-7-4-5-10(13)9(6-7)11(15)14-8-2-1-3-8/h4-6,8H,1-3,13H2,(H,14,15). The van der Waals surface area contributed by atoms with Crippen LogP contribution in [0.15, 0.2) is 22.7 Å². The maximum atomic E-state index is 11.8. The Labute approximate surface area is 97.2 Å². The topological polar surface area (TPSA) is 55.1 Å². The van der Waals surface area contributed by atoms with Gasteiger partial charge in [-0.1, -0.05) is 15.9 Å². The average molecular weight is 269 g/mol. The van der Waals surface area contributed by atoms with E-state index in [9.17, 15) is 4.79 Å². The van der Waals surface area contributed by atoms with Crippen LogP contribution in [0, 0.1) is 0 Å². The van der Waals surface area contributed by atoms with Crippen LogP contribution in [-0.4, -0.2) is 11.9 Å². The first-order valence-electron chi connectivity index (χ1n) is 5.02. The van der Waals surface area contributed by atoms with Crippen molar-refractivity contribution < 1.29 is 4.79 Å². The number of nitrogen functional groups attached to an aromatic ring is 1. The molecule has 0 atom stereocenters.